The SMILES string of the molecule is CN(c1ccc(-c2ccc(-c3cccc4ccccc34)s2)cc1)c1cccc2ccccc12.CN(c1cccc(-c2ccc(-c3cccc4ccccc34)s2)c1)c1cccc2ccccc12.CN(c1cccc(-c2ccc(-c3ccccc3)s2)c1)c1cccc2ccccc12.CN(c1ccccc1)c1cccc(-c2ccc(-c3cccc4ccccc34)s2)c1.CN(c1ccccc1)c1cccc(-c2ccc(-c3ccccc3)s2)c1. The van der Waals surface area contributed by atoms with Crippen LogP contribution in [0.3, 0.4) is 0 Å². The Balaban J connectivity index is 0.000000106. The number of nitrogens with zero attached hydrogens (tertiary/aromatic N) is 5. The van der Waals surface area contributed by atoms with Gasteiger partial charge in [0.2, 0.25) is 0 Å². The lowest BCUT2D eigenvalue weighted by atomic mass is 10.0. The van der Waals surface area contributed by atoms with Crippen molar-refractivity contribution in [3.05, 3.63) is 558 Å². The molecule has 5 heterocycles. The van der Waals surface area contributed by atoms with Gasteiger partial charge in [0.25, 0.3) is 0 Å². The fourth-order valence-electron chi connectivity index (χ4n) is 19.6. The van der Waals surface area contributed by atoms with Crippen LogP contribution in [0.5, 0.6) is 0 Å². The quantitative estimate of drug-likeness (QED) is 0.0754. The summed E-state index contributed by atoms with van der Waals surface area (Å²) in [6.45, 7) is 0. The van der Waals surface area contributed by atoms with Gasteiger partial charge >= 0.3 is 0 Å². The molecule has 0 saturated carbocycles. The zero-order valence-corrected chi connectivity index (χ0v) is 87.5. The molecular formula is C139H107N5S5. The minimum atomic E-state index is 1.18. The summed E-state index contributed by atoms with van der Waals surface area (Å²) in [5.41, 5.74) is 24.7. The summed E-state index contributed by atoms with van der Waals surface area (Å²) < 4.78 is 0. The normalized spacial score (nSPS) is 11.0. The Morgan fingerprint density at radius 2 is 0.302 bits per heavy atom. The lowest BCUT2D eigenvalue weighted by Gasteiger charge is -2.22. The Bertz CT molecular complexity index is 9060. The average Bonchev–Trinajstić information content (AvgIpc) is 1.75. The van der Waals surface area contributed by atoms with Crippen molar-refractivity contribution in [1.82, 2.24) is 0 Å². The van der Waals surface area contributed by atoms with E-state index in [9.17, 15) is 0 Å². The molecular weight excluding hydrogens is 1900 g/mol. The Morgan fingerprint density at radius 1 is 0.121 bits per heavy atom. The van der Waals surface area contributed by atoms with Crippen molar-refractivity contribution in [2.45, 2.75) is 0 Å². The van der Waals surface area contributed by atoms with Gasteiger partial charge in [-0.25, -0.2) is 0 Å². The molecule has 0 bridgehead atoms. The molecule has 0 spiro atoms. The fraction of sp³-hybridized carbons (Fsp3) is 0.0360. The third kappa shape index (κ3) is 21.7. The standard InChI is InChI=1S/2C31H23NS.2C27H21NS.C23H19NS/c1-32(29-18-8-12-23-10-3-5-16-27(23)29)25-14-6-13-24(21-25)30-19-20-31(33-30)28-17-7-11-22-9-2-4-15-26(22)28;1-32(29-15-7-11-23-9-3-5-13-27(23)29)25-18-16-24(17-19-25)30-20-21-31(33-30)28-14-6-10-22-8-2-4-12-26(22)28;1-28(22-12-3-2-4-13-22)23-14-7-11-21(19-23)26-17-18-27(29-26)25-16-8-10-20-9-5-6-15-24(20)25;1-28(25-16-8-12-20-9-5-6-15-24(20)25)23-14-7-13-22(19-23)27-18-17-26(29-27)21-10-3-2-4-11-21;1-24(20-12-6-3-7-13-20)21-14-8-11-19(17-21)23-16-15-22(25-23)18-9-4-2-5-10-18/h2*2-21H,1H3;2*2-19H,1H3;2-17H,1H3. The second kappa shape index (κ2) is 45.1. The first kappa shape index (κ1) is 96.5. The van der Waals surface area contributed by atoms with Gasteiger partial charge in [-0.05, 0) is 268 Å². The summed E-state index contributed by atoms with van der Waals surface area (Å²) in [5, 5.41) is 15.4. The molecule has 21 aromatic carbocycles. The zero-order valence-electron chi connectivity index (χ0n) is 83.4. The fourth-order valence-corrected chi connectivity index (χ4v) is 24.7. The van der Waals surface area contributed by atoms with Crippen LogP contribution in [-0.2, 0) is 0 Å². The molecule has 0 aliphatic rings. The van der Waals surface area contributed by atoms with Gasteiger partial charge in [0.15, 0.2) is 0 Å². The van der Waals surface area contributed by atoms with Crippen LogP contribution in [0.25, 0.3) is 169 Å². The van der Waals surface area contributed by atoms with Gasteiger partial charge < -0.3 is 24.5 Å². The van der Waals surface area contributed by atoms with Crippen molar-refractivity contribution in [3.8, 4) is 104 Å². The van der Waals surface area contributed by atoms with Crippen LogP contribution < -0.4 is 24.5 Å². The Morgan fingerprint density at radius 3 is 0.597 bits per heavy atom. The number of rotatable bonds is 20. The summed E-state index contributed by atoms with van der Waals surface area (Å²) in [5.74, 6) is 0. The Hall–Kier alpha value is -17.3. The summed E-state index contributed by atoms with van der Waals surface area (Å²) in [6.07, 6.45) is 0. The van der Waals surface area contributed by atoms with Gasteiger partial charge in [-0.3, -0.25) is 0 Å². The highest BCUT2D eigenvalue weighted by molar-refractivity contribution is 7.20. The molecule has 0 aliphatic carbocycles. The summed E-state index contributed by atoms with van der Waals surface area (Å²) >= 11 is 9.23. The maximum Gasteiger partial charge on any atom is 0.0487 e. The third-order valence-electron chi connectivity index (χ3n) is 27.6. The number of benzene rings is 21. The van der Waals surface area contributed by atoms with Gasteiger partial charge in [0, 0.05) is 157 Å². The molecule has 0 aliphatic heterocycles. The van der Waals surface area contributed by atoms with Crippen molar-refractivity contribution >= 4 is 178 Å². The van der Waals surface area contributed by atoms with Gasteiger partial charge in [0.05, 0.1) is 0 Å². The van der Waals surface area contributed by atoms with E-state index in [1.165, 1.54) is 226 Å². The topological polar surface area (TPSA) is 16.2 Å². The number of hydrogen-bond acceptors (Lipinski definition) is 10. The summed E-state index contributed by atoms with van der Waals surface area (Å²) in [7, 11) is 10.7. The highest BCUT2D eigenvalue weighted by Gasteiger charge is 2.20. The lowest BCUT2D eigenvalue weighted by molar-refractivity contribution is 1.21. The average molecular weight is 2010 g/mol. The van der Waals surface area contributed by atoms with E-state index in [0.717, 1.165) is 0 Å². The number of fused-ring (bicyclic) bond motifs is 6. The van der Waals surface area contributed by atoms with E-state index >= 15 is 0 Å². The van der Waals surface area contributed by atoms with Gasteiger partial charge in [-0.1, -0.05) is 394 Å². The number of anilines is 10. The Labute approximate surface area is 892 Å². The number of hydrogen-bond donors (Lipinski definition) is 0. The predicted molar refractivity (Wildman–Crippen MR) is 654 cm³/mol. The van der Waals surface area contributed by atoms with Gasteiger partial charge in [-0.15, -0.1) is 56.7 Å². The monoisotopic (exact) mass is 2010 g/mol. The van der Waals surface area contributed by atoms with Crippen LogP contribution >= 0.6 is 56.7 Å². The van der Waals surface area contributed by atoms with Crippen molar-refractivity contribution < 1.29 is 0 Å². The molecule has 10 heteroatoms. The largest absolute Gasteiger partial charge is 0.345 e. The molecule has 0 radical (unpaired) electrons. The van der Waals surface area contributed by atoms with E-state index < -0.39 is 0 Å². The third-order valence-corrected chi connectivity index (χ3v) is 33.5. The van der Waals surface area contributed by atoms with Crippen LogP contribution in [0.4, 0.5) is 56.9 Å². The molecule has 0 atom stereocenters. The predicted octanol–water partition coefficient (Wildman–Crippen LogP) is 41.2. The second-order valence-corrected chi connectivity index (χ2v) is 42.3. The highest BCUT2D eigenvalue weighted by atomic mass is 32.1. The summed E-state index contributed by atoms with van der Waals surface area (Å²) in [6, 6.07) is 199. The van der Waals surface area contributed by atoms with E-state index in [2.05, 4.69) is 606 Å². The number of para-hydroxylation sites is 2. The molecule has 718 valence electrons. The van der Waals surface area contributed by atoms with Crippen LogP contribution in [0.1, 0.15) is 0 Å². The zero-order chi connectivity index (χ0) is 101. The number of thiophene rings is 5. The Kier molecular flexibility index (Phi) is 29.2. The molecule has 0 unspecified atom stereocenters. The van der Waals surface area contributed by atoms with Crippen molar-refractivity contribution in [3.63, 3.8) is 0 Å². The van der Waals surface area contributed by atoms with E-state index in [4.69, 9.17) is 0 Å². The summed E-state index contributed by atoms with van der Waals surface area (Å²) in [4.78, 5) is 24.2. The molecule has 26 rings (SSSR count). The first-order chi connectivity index (χ1) is 73.4. The van der Waals surface area contributed by atoms with E-state index in [1.807, 2.05) is 68.8 Å². The minimum absolute atomic E-state index is 1.18. The van der Waals surface area contributed by atoms with Crippen LogP contribution in [0, 0.1) is 0 Å². The first-order valence-electron chi connectivity index (χ1n) is 50.2. The minimum Gasteiger partial charge on any atom is -0.345 e. The second-order valence-electron chi connectivity index (χ2n) is 36.8. The molecule has 0 saturated heterocycles. The molecule has 149 heavy (non-hydrogen) atoms. The smallest absolute Gasteiger partial charge is 0.0487 e. The molecule has 0 amide bonds. The maximum absolute atomic E-state index is 2.29. The molecule has 0 fully saturated rings. The van der Waals surface area contributed by atoms with Crippen molar-refractivity contribution in [1.29, 1.82) is 0 Å². The van der Waals surface area contributed by atoms with E-state index in [1.54, 1.807) is 0 Å². The lowest BCUT2D eigenvalue weighted by Crippen LogP contribution is -2.09. The van der Waals surface area contributed by atoms with Crippen molar-refractivity contribution in [2.75, 3.05) is 59.7 Å². The molecule has 5 aromatic heterocycles. The van der Waals surface area contributed by atoms with Crippen molar-refractivity contribution in [2.24, 2.45) is 0 Å². The van der Waals surface area contributed by atoms with Gasteiger partial charge in [0.1, 0.15) is 0 Å². The first-order valence-corrected chi connectivity index (χ1v) is 54.3. The molecule has 5 nitrogen and oxygen atoms in total. The molecule has 0 N–H and O–H groups in total. The highest BCUT2D eigenvalue weighted by Crippen LogP contribution is 2.47. The van der Waals surface area contributed by atoms with E-state index in [0.29, 0.717) is 0 Å². The van der Waals surface area contributed by atoms with Gasteiger partial charge in [-0.2, -0.15) is 0 Å². The molecule has 26 aromatic rings. The van der Waals surface area contributed by atoms with Crippen LogP contribution in [0.2, 0.25) is 0 Å². The van der Waals surface area contributed by atoms with E-state index in [-0.39, 0.29) is 0 Å². The van der Waals surface area contributed by atoms with Crippen LogP contribution in [-0.4, -0.2) is 35.2 Å². The van der Waals surface area contributed by atoms with Crippen LogP contribution in [0.15, 0.2) is 558 Å². The maximum atomic E-state index is 2.29.